The standard InChI is InChI=1S/C13H20F3N3O2/c1-2-9-3-5-12(17,6-4-9)11-18-10(19-21-11)7-20-8-13(14,15)16/h9H,2-8,17H2,1H3. The van der Waals surface area contributed by atoms with Crippen LogP contribution in [0.1, 0.15) is 50.7 Å². The molecule has 1 fully saturated rings. The molecule has 2 rings (SSSR count). The Balaban J connectivity index is 1.90. The number of alkyl halides is 3. The molecule has 5 nitrogen and oxygen atoms in total. The van der Waals surface area contributed by atoms with E-state index in [1.165, 1.54) is 0 Å². The van der Waals surface area contributed by atoms with Crippen molar-refractivity contribution in [3.8, 4) is 0 Å². The summed E-state index contributed by atoms with van der Waals surface area (Å²) in [5.41, 5.74) is 5.63. The average Bonchev–Trinajstić information content (AvgIpc) is 2.88. The van der Waals surface area contributed by atoms with Gasteiger partial charge in [0.1, 0.15) is 13.2 Å². The number of nitrogens with zero attached hydrogens (tertiary/aromatic N) is 2. The third kappa shape index (κ3) is 4.41. The van der Waals surface area contributed by atoms with Crippen LogP contribution in [0.2, 0.25) is 0 Å². The highest BCUT2D eigenvalue weighted by Gasteiger charge is 2.37. The van der Waals surface area contributed by atoms with Crippen LogP contribution in [-0.4, -0.2) is 22.9 Å². The molecule has 0 bridgehead atoms. The van der Waals surface area contributed by atoms with Crippen molar-refractivity contribution in [3.05, 3.63) is 11.7 Å². The fourth-order valence-corrected chi connectivity index (χ4v) is 2.59. The zero-order valence-corrected chi connectivity index (χ0v) is 11.9. The zero-order chi connectivity index (χ0) is 15.5. The van der Waals surface area contributed by atoms with Crippen molar-refractivity contribution in [2.45, 2.75) is 57.3 Å². The van der Waals surface area contributed by atoms with Gasteiger partial charge in [-0.05, 0) is 31.6 Å². The number of hydrogen-bond acceptors (Lipinski definition) is 5. The maximum Gasteiger partial charge on any atom is 0.411 e. The number of rotatable bonds is 5. The first-order valence-electron chi connectivity index (χ1n) is 7.09. The second kappa shape index (κ2) is 6.31. The summed E-state index contributed by atoms with van der Waals surface area (Å²) in [7, 11) is 0. The molecule has 8 heteroatoms. The molecular formula is C13H20F3N3O2. The normalized spacial score (nSPS) is 27.0. The van der Waals surface area contributed by atoms with Crippen LogP contribution < -0.4 is 5.73 Å². The summed E-state index contributed by atoms with van der Waals surface area (Å²) in [6.07, 6.45) is 0.244. The SMILES string of the molecule is CCC1CCC(N)(c2nc(COCC(F)(F)F)no2)CC1. The second-order valence-corrected chi connectivity index (χ2v) is 5.63. The van der Waals surface area contributed by atoms with Gasteiger partial charge >= 0.3 is 6.18 Å². The summed E-state index contributed by atoms with van der Waals surface area (Å²) in [5.74, 6) is 1.05. The molecule has 1 aromatic rings. The molecule has 1 saturated carbocycles. The highest BCUT2D eigenvalue weighted by atomic mass is 19.4. The van der Waals surface area contributed by atoms with E-state index < -0.39 is 18.3 Å². The maximum absolute atomic E-state index is 12.0. The van der Waals surface area contributed by atoms with E-state index in [0.29, 0.717) is 11.8 Å². The summed E-state index contributed by atoms with van der Waals surface area (Å²) in [6.45, 7) is 0.483. The monoisotopic (exact) mass is 307 g/mol. The highest BCUT2D eigenvalue weighted by Crippen LogP contribution is 2.37. The van der Waals surface area contributed by atoms with E-state index in [0.717, 1.165) is 32.1 Å². The van der Waals surface area contributed by atoms with E-state index in [1.54, 1.807) is 0 Å². The third-order valence-corrected chi connectivity index (χ3v) is 3.97. The quantitative estimate of drug-likeness (QED) is 0.905. The summed E-state index contributed by atoms with van der Waals surface area (Å²) < 4.78 is 45.5. The van der Waals surface area contributed by atoms with Gasteiger partial charge < -0.3 is 15.0 Å². The Bertz CT molecular complexity index is 454. The molecule has 0 unspecified atom stereocenters. The Morgan fingerprint density at radius 2 is 2.05 bits per heavy atom. The molecular weight excluding hydrogens is 287 g/mol. The number of hydrogen-bond donors (Lipinski definition) is 1. The Kier molecular flexibility index (Phi) is 4.88. The molecule has 1 aliphatic rings. The molecule has 120 valence electrons. The van der Waals surface area contributed by atoms with Crippen LogP contribution >= 0.6 is 0 Å². The fraction of sp³-hybridized carbons (Fsp3) is 0.846. The zero-order valence-electron chi connectivity index (χ0n) is 11.9. The van der Waals surface area contributed by atoms with Crippen molar-refractivity contribution < 1.29 is 22.4 Å². The van der Waals surface area contributed by atoms with Gasteiger partial charge in [0.2, 0.25) is 5.89 Å². The lowest BCUT2D eigenvalue weighted by Crippen LogP contribution is -2.40. The number of ether oxygens (including phenoxy) is 1. The molecule has 0 atom stereocenters. The molecule has 1 aliphatic carbocycles. The first-order chi connectivity index (χ1) is 9.82. The fourth-order valence-electron chi connectivity index (χ4n) is 2.59. The van der Waals surface area contributed by atoms with E-state index in [1.807, 2.05) is 0 Å². The minimum atomic E-state index is -4.36. The third-order valence-electron chi connectivity index (χ3n) is 3.97. The molecule has 1 heterocycles. The first-order valence-corrected chi connectivity index (χ1v) is 7.09. The Morgan fingerprint density at radius 3 is 2.62 bits per heavy atom. The lowest BCUT2D eigenvalue weighted by molar-refractivity contribution is -0.177. The molecule has 2 N–H and O–H groups in total. The Labute approximate surface area is 121 Å². The predicted molar refractivity (Wildman–Crippen MR) is 68.1 cm³/mol. The molecule has 0 saturated heterocycles. The van der Waals surface area contributed by atoms with Gasteiger partial charge in [-0.3, -0.25) is 0 Å². The van der Waals surface area contributed by atoms with Gasteiger partial charge in [0.15, 0.2) is 5.82 Å². The molecule has 0 aromatic carbocycles. The van der Waals surface area contributed by atoms with Crippen molar-refractivity contribution in [1.29, 1.82) is 0 Å². The van der Waals surface area contributed by atoms with Crippen LogP contribution in [0.15, 0.2) is 4.52 Å². The Morgan fingerprint density at radius 1 is 1.38 bits per heavy atom. The van der Waals surface area contributed by atoms with Crippen LogP contribution in [0.5, 0.6) is 0 Å². The molecule has 21 heavy (non-hydrogen) atoms. The van der Waals surface area contributed by atoms with Gasteiger partial charge in [-0.25, -0.2) is 0 Å². The van der Waals surface area contributed by atoms with Crippen molar-refractivity contribution in [1.82, 2.24) is 10.1 Å². The minimum absolute atomic E-state index is 0.0942. The predicted octanol–water partition coefficient (Wildman–Crippen LogP) is 2.90. The van der Waals surface area contributed by atoms with E-state index in [9.17, 15) is 13.2 Å². The van der Waals surface area contributed by atoms with Crippen LogP contribution in [0.3, 0.4) is 0 Å². The average molecular weight is 307 g/mol. The molecule has 1 aromatic heterocycles. The lowest BCUT2D eigenvalue weighted by Gasteiger charge is -2.33. The van der Waals surface area contributed by atoms with Gasteiger partial charge in [-0.1, -0.05) is 18.5 Å². The first kappa shape index (κ1) is 16.2. The van der Waals surface area contributed by atoms with Gasteiger partial charge in [0.05, 0.1) is 5.54 Å². The van der Waals surface area contributed by atoms with Gasteiger partial charge in [0.25, 0.3) is 0 Å². The summed E-state index contributed by atoms with van der Waals surface area (Å²) in [5, 5.41) is 3.64. The lowest BCUT2D eigenvalue weighted by atomic mass is 9.76. The van der Waals surface area contributed by atoms with Crippen molar-refractivity contribution in [2.24, 2.45) is 11.7 Å². The van der Waals surface area contributed by atoms with Crippen LogP contribution in [0.25, 0.3) is 0 Å². The van der Waals surface area contributed by atoms with E-state index >= 15 is 0 Å². The number of halogens is 3. The smallest absolute Gasteiger partial charge is 0.364 e. The van der Waals surface area contributed by atoms with Crippen molar-refractivity contribution in [3.63, 3.8) is 0 Å². The van der Waals surface area contributed by atoms with Crippen molar-refractivity contribution >= 4 is 0 Å². The van der Waals surface area contributed by atoms with Crippen molar-refractivity contribution in [2.75, 3.05) is 6.61 Å². The maximum atomic E-state index is 12.0. The van der Waals surface area contributed by atoms with Crippen LogP contribution in [0, 0.1) is 5.92 Å². The number of nitrogens with two attached hydrogens (primary N) is 1. The highest BCUT2D eigenvalue weighted by molar-refractivity contribution is 5.04. The molecule has 0 radical (unpaired) electrons. The van der Waals surface area contributed by atoms with E-state index in [-0.39, 0.29) is 12.4 Å². The largest absolute Gasteiger partial charge is 0.411 e. The summed E-state index contributed by atoms with van der Waals surface area (Å²) >= 11 is 0. The molecule has 0 aliphatic heterocycles. The van der Waals surface area contributed by atoms with Gasteiger partial charge in [0, 0.05) is 0 Å². The van der Waals surface area contributed by atoms with Gasteiger partial charge in [-0.15, -0.1) is 0 Å². The van der Waals surface area contributed by atoms with E-state index in [4.69, 9.17) is 10.3 Å². The molecule has 0 amide bonds. The number of aromatic nitrogens is 2. The Hall–Kier alpha value is -1.15. The van der Waals surface area contributed by atoms with Gasteiger partial charge in [-0.2, -0.15) is 18.2 Å². The summed E-state index contributed by atoms with van der Waals surface area (Å²) in [6, 6.07) is 0. The van der Waals surface area contributed by atoms with Crippen LogP contribution in [0.4, 0.5) is 13.2 Å². The minimum Gasteiger partial charge on any atom is -0.364 e. The topological polar surface area (TPSA) is 74.2 Å². The van der Waals surface area contributed by atoms with Crippen LogP contribution in [-0.2, 0) is 16.9 Å². The van der Waals surface area contributed by atoms with E-state index in [2.05, 4.69) is 21.8 Å². The molecule has 0 spiro atoms. The second-order valence-electron chi connectivity index (χ2n) is 5.63. The summed E-state index contributed by atoms with van der Waals surface area (Å²) in [4.78, 5) is 4.08.